The molecule has 0 bridgehead atoms. The lowest BCUT2D eigenvalue weighted by Crippen LogP contribution is -2.28. The highest BCUT2D eigenvalue weighted by atomic mass is 16.5. The van der Waals surface area contributed by atoms with E-state index in [-0.39, 0.29) is 5.92 Å². The van der Waals surface area contributed by atoms with Gasteiger partial charge in [-0.1, -0.05) is 18.2 Å². The molecule has 3 rings (SSSR count). The average Bonchev–Trinajstić information content (AvgIpc) is 3.15. The Labute approximate surface area is 151 Å². The maximum Gasteiger partial charge on any atom is 0.407 e. The van der Waals surface area contributed by atoms with Crippen LogP contribution in [0.25, 0.3) is 0 Å². The summed E-state index contributed by atoms with van der Waals surface area (Å²) < 4.78 is 5.72. The highest BCUT2D eigenvalue weighted by molar-refractivity contribution is 6.01. The number of nitriles is 1. The number of anilines is 1. The molecule has 0 spiro atoms. The number of hydrogen-bond donors (Lipinski definition) is 2. The molecule has 0 aromatic heterocycles. The minimum absolute atomic E-state index is 0.177. The lowest BCUT2D eigenvalue weighted by molar-refractivity contribution is 0.155. The van der Waals surface area contributed by atoms with E-state index in [9.17, 15) is 10.1 Å². The van der Waals surface area contributed by atoms with E-state index >= 15 is 0 Å². The molecular weight excluding hydrogens is 332 g/mol. The summed E-state index contributed by atoms with van der Waals surface area (Å²) in [4.78, 5) is 12.3. The zero-order valence-corrected chi connectivity index (χ0v) is 14.0. The van der Waals surface area contributed by atoms with Crippen molar-refractivity contribution < 1.29 is 14.6 Å². The molecule has 1 aliphatic rings. The second-order valence-corrected chi connectivity index (χ2v) is 5.87. The molecule has 1 amide bonds. The predicted molar refractivity (Wildman–Crippen MR) is 97.3 cm³/mol. The van der Waals surface area contributed by atoms with Crippen LogP contribution in [-0.2, 0) is 0 Å². The summed E-state index contributed by atoms with van der Waals surface area (Å²) in [6, 6.07) is 18.7. The number of hydrogen-bond acceptors (Lipinski definition) is 5. The van der Waals surface area contributed by atoms with E-state index in [1.54, 1.807) is 24.3 Å². The van der Waals surface area contributed by atoms with E-state index in [1.165, 1.54) is 4.90 Å². The smallest absolute Gasteiger partial charge is 0.407 e. The molecule has 2 aromatic rings. The Morgan fingerprint density at radius 3 is 2.50 bits per heavy atom. The number of benzene rings is 2. The normalized spacial score (nSPS) is 16.8. The Kier molecular flexibility index (Phi) is 5.34. The number of likely N-dealkylation sites (tertiary alicyclic amines) is 1. The quantitative estimate of drug-likeness (QED) is 0.632. The van der Waals surface area contributed by atoms with Crippen LogP contribution in [0.3, 0.4) is 0 Å². The highest BCUT2D eigenvalue weighted by Gasteiger charge is 2.29. The van der Waals surface area contributed by atoms with Crippen LogP contribution in [0, 0.1) is 17.2 Å². The van der Waals surface area contributed by atoms with Gasteiger partial charge in [0.2, 0.25) is 0 Å². The fourth-order valence-electron chi connectivity index (χ4n) is 2.71. The van der Waals surface area contributed by atoms with E-state index < -0.39 is 6.09 Å². The van der Waals surface area contributed by atoms with Crippen molar-refractivity contribution in [3.8, 4) is 17.6 Å². The van der Waals surface area contributed by atoms with Crippen molar-refractivity contribution in [3.05, 3.63) is 54.6 Å². The van der Waals surface area contributed by atoms with Crippen molar-refractivity contribution in [2.75, 3.05) is 18.5 Å². The van der Waals surface area contributed by atoms with E-state index in [0.29, 0.717) is 36.7 Å². The van der Waals surface area contributed by atoms with Crippen LogP contribution in [0.5, 0.6) is 11.5 Å². The van der Waals surface area contributed by atoms with Gasteiger partial charge in [0.1, 0.15) is 23.3 Å². The Morgan fingerprint density at radius 2 is 1.88 bits per heavy atom. The number of ether oxygens (including phenoxy) is 1. The number of rotatable bonds is 5. The number of nitrogens with zero attached hydrogens (tertiary/aromatic N) is 3. The van der Waals surface area contributed by atoms with Crippen molar-refractivity contribution in [2.45, 2.75) is 6.42 Å². The summed E-state index contributed by atoms with van der Waals surface area (Å²) >= 11 is 0. The highest BCUT2D eigenvalue weighted by Crippen LogP contribution is 2.23. The van der Waals surface area contributed by atoms with E-state index in [1.807, 2.05) is 30.3 Å². The van der Waals surface area contributed by atoms with Crippen molar-refractivity contribution in [2.24, 2.45) is 11.0 Å². The number of amides is 1. The second-order valence-electron chi connectivity index (χ2n) is 5.87. The predicted octanol–water partition coefficient (Wildman–Crippen LogP) is 3.77. The number of para-hydroxylation sites is 1. The zero-order chi connectivity index (χ0) is 18.4. The SMILES string of the molecule is N#CC(=NNc1ccc(Oc2ccccc2)cc1)C1CCN(C(=O)O)C1. The van der Waals surface area contributed by atoms with Crippen molar-refractivity contribution in [1.82, 2.24) is 4.90 Å². The lowest BCUT2D eigenvalue weighted by atomic mass is 10.0. The monoisotopic (exact) mass is 350 g/mol. The summed E-state index contributed by atoms with van der Waals surface area (Å²) in [7, 11) is 0. The number of hydrazone groups is 1. The van der Waals surface area contributed by atoms with Gasteiger partial charge in [-0.25, -0.2) is 4.79 Å². The minimum atomic E-state index is -0.966. The van der Waals surface area contributed by atoms with E-state index in [4.69, 9.17) is 9.84 Å². The first-order chi connectivity index (χ1) is 12.7. The number of carboxylic acid groups (broad SMARTS) is 1. The zero-order valence-electron chi connectivity index (χ0n) is 14.0. The third kappa shape index (κ3) is 4.30. The third-order valence-corrected chi connectivity index (χ3v) is 4.10. The van der Waals surface area contributed by atoms with Crippen molar-refractivity contribution in [1.29, 1.82) is 5.26 Å². The Bertz CT molecular complexity index is 828. The number of nitrogens with one attached hydrogen (secondary N) is 1. The van der Waals surface area contributed by atoms with Crippen LogP contribution < -0.4 is 10.2 Å². The summed E-state index contributed by atoms with van der Waals surface area (Å²) in [5.41, 5.74) is 3.87. The third-order valence-electron chi connectivity index (χ3n) is 4.10. The van der Waals surface area contributed by atoms with Gasteiger partial charge in [-0.15, -0.1) is 0 Å². The molecule has 1 saturated heterocycles. The maximum atomic E-state index is 11.0. The van der Waals surface area contributed by atoms with Gasteiger partial charge >= 0.3 is 6.09 Å². The summed E-state index contributed by atoms with van der Waals surface area (Å²) in [6.07, 6.45) is -0.365. The Hall–Kier alpha value is -3.53. The van der Waals surface area contributed by atoms with Gasteiger partial charge in [0, 0.05) is 19.0 Å². The molecule has 1 unspecified atom stereocenters. The van der Waals surface area contributed by atoms with Crippen LogP contribution in [0.15, 0.2) is 59.7 Å². The molecule has 26 heavy (non-hydrogen) atoms. The van der Waals surface area contributed by atoms with Crippen molar-refractivity contribution in [3.63, 3.8) is 0 Å². The molecule has 1 aliphatic heterocycles. The maximum absolute atomic E-state index is 11.0. The standard InChI is InChI=1S/C19H18N4O3/c20-12-18(14-10-11-23(13-14)19(24)25)22-21-15-6-8-17(9-7-15)26-16-4-2-1-3-5-16/h1-9,14,21H,10-11,13H2,(H,24,25). The van der Waals surface area contributed by atoms with Gasteiger partial charge in [-0.2, -0.15) is 10.4 Å². The molecular formula is C19H18N4O3. The average molecular weight is 350 g/mol. The minimum Gasteiger partial charge on any atom is -0.465 e. The first-order valence-electron chi connectivity index (χ1n) is 8.20. The molecule has 0 radical (unpaired) electrons. The summed E-state index contributed by atoms with van der Waals surface area (Å²) in [5.74, 6) is 1.27. The van der Waals surface area contributed by atoms with Crippen LogP contribution in [0.1, 0.15) is 6.42 Å². The fraction of sp³-hybridized carbons (Fsp3) is 0.211. The number of carbonyl (C=O) groups is 1. The Balaban J connectivity index is 1.60. The molecule has 7 heteroatoms. The van der Waals surface area contributed by atoms with Gasteiger partial charge in [0.15, 0.2) is 0 Å². The van der Waals surface area contributed by atoms with E-state index in [2.05, 4.69) is 16.6 Å². The molecule has 1 heterocycles. The van der Waals surface area contributed by atoms with Crippen LogP contribution in [-0.4, -0.2) is 34.9 Å². The Morgan fingerprint density at radius 1 is 1.19 bits per heavy atom. The van der Waals surface area contributed by atoms with Gasteiger partial charge < -0.3 is 14.7 Å². The molecule has 1 fully saturated rings. The van der Waals surface area contributed by atoms with Crippen molar-refractivity contribution >= 4 is 17.5 Å². The molecule has 0 saturated carbocycles. The molecule has 2 aromatic carbocycles. The molecule has 2 N–H and O–H groups in total. The molecule has 7 nitrogen and oxygen atoms in total. The van der Waals surface area contributed by atoms with Gasteiger partial charge in [0.25, 0.3) is 0 Å². The summed E-state index contributed by atoms with van der Waals surface area (Å²) in [6.45, 7) is 0.722. The lowest BCUT2D eigenvalue weighted by Gasteiger charge is -2.11. The second kappa shape index (κ2) is 8.03. The van der Waals surface area contributed by atoms with Gasteiger partial charge in [0.05, 0.1) is 5.69 Å². The first-order valence-corrected chi connectivity index (χ1v) is 8.20. The van der Waals surface area contributed by atoms with Crippen LogP contribution in [0.4, 0.5) is 10.5 Å². The van der Waals surface area contributed by atoms with Gasteiger partial charge in [-0.05, 0) is 42.8 Å². The van der Waals surface area contributed by atoms with E-state index in [0.717, 1.165) is 5.75 Å². The molecule has 1 atom stereocenters. The van der Waals surface area contributed by atoms with Gasteiger partial charge in [-0.3, -0.25) is 5.43 Å². The molecule has 0 aliphatic carbocycles. The van der Waals surface area contributed by atoms with Crippen LogP contribution >= 0.6 is 0 Å². The topological polar surface area (TPSA) is 98.0 Å². The first kappa shape index (κ1) is 17.3. The summed E-state index contributed by atoms with van der Waals surface area (Å²) in [5, 5.41) is 22.4. The largest absolute Gasteiger partial charge is 0.465 e. The van der Waals surface area contributed by atoms with Crippen LogP contribution in [0.2, 0.25) is 0 Å². The fourth-order valence-corrected chi connectivity index (χ4v) is 2.71. The molecule has 132 valence electrons.